The molecule has 126 valence electrons. The van der Waals surface area contributed by atoms with Gasteiger partial charge >= 0.3 is 0 Å². The van der Waals surface area contributed by atoms with E-state index in [1.165, 1.54) is 15.8 Å². The highest BCUT2D eigenvalue weighted by atomic mass is 79.9. The second kappa shape index (κ2) is 5.59. The van der Waals surface area contributed by atoms with Crippen molar-refractivity contribution < 1.29 is 4.90 Å². The normalized spacial score (nSPS) is 17.3. The number of halogens is 1. The Morgan fingerprint density at radius 2 is 2.08 bits per heavy atom. The molecule has 1 atom stereocenters. The van der Waals surface area contributed by atoms with Gasteiger partial charge in [-0.15, -0.1) is 16.4 Å². The van der Waals surface area contributed by atoms with Gasteiger partial charge in [-0.05, 0) is 24.6 Å². The van der Waals surface area contributed by atoms with E-state index < -0.39 is 0 Å². The second-order valence-electron chi connectivity index (χ2n) is 6.63. The highest BCUT2D eigenvalue weighted by Crippen LogP contribution is 2.35. The molecule has 1 N–H and O–H groups in total. The number of rotatable bonds is 1. The van der Waals surface area contributed by atoms with Gasteiger partial charge in [0.2, 0.25) is 0 Å². The standard InChI is InChI=1S/C18H16BrN5S/c1-10-20-18-15(12-7-8-23(2)9-14(12)25-18)17-21-16(22-24(10)17)11-5-3-4-6-13(11)19/h3-6H,7-9H2,1-2H3/p+1. The van der Waals surface area contributed by atoms with Crippen molar-refractivity contribution in [3.63, 3.8) is 0 Å². The molecule has 0 saturated carbocycles. The van der Waals surface area contributed by atoms with Gasteiger partial charge in [0.25, 0.3) is 0 Å². The maximum Gasteiger partial charge on any atom is 0.183 e. The van der Waals surface area contributed by atoms with Crippen LogP contribution in [0.1, 0.15) is 16.3 Å². The number of thiophene rings is 1. The number of nitrogens with zero attached hydrogens (tertiary/aromatic N) is 4. The zero-order chi connectivity index (χ0) is 17.1. The average molecular weight is 415 g/mol. The van der Waals surface area contributed by atoms with Crippen molar-refractivity contribution in [3.05, 3.63) is 45.0 Å². The number of hydrogen-bond donors (Lipinski definition) is 1. The van der Waals surface area contributed by atoms with Gasteiger partial charge in [-0.3, -0.25) is 0 Å². The van der Waals surface area contributed by atoms with Gasteiger partial charge in [0.15, 0.2) is 11.5 Å². The molecule has 3 aromatic heterocycles. The third-order valence-electron chi connectivity index (χ3n) is 4.85. The van der Waals surface area contributed by atoms with Crippen molar-refractivity contribution in [3.8, 4) is 11.4 Å². The SMILES string of the molecule is Cc1nc2sc3c(c2c2nc(-c4ccccc4Br)nn12)CC[NH+](C)C3. The Hall–Kier alpha value is -1.83. The van der Waals surface area contributed by atoms with Crippen molar-refractivity contribution in [2.24, 2.45) is 0 Å². The Balaban J connectivity index is 1.82. The minimum atomic E-state index is 0.739. The van der Waals surface area contributed by atoms with E-state index in [9.17, 15) is 0 Å². The largest absolute Gasteiger partial charge is 0.333 e. The van der Waals surface area contributed by atoms with Crippen LogP contribution in [0.2, 0.25) is 0 Å². The molecule has 25 heavy (non-hydrogen) atoms. The molecule has 1 aliphatic heterocycles. The van der Waals surface area contributed by atoms with Crippen LogP contribution in [-0.4, -0.2) is 33.2 Å². The summed E-state index contributed by atoms with van der Waals surface area (Å²) in [6.45, 7) is 4.23. The van der Waals surface area contributed by atoms with E-state index in [0.717, 1.165) is 51.7 Å². The third kappa shape index (κ3) is 2.33. The summed E-state index contributed by atoms with van der Waals surface area (Å²) < 4.78 is 2.90. The molecule has 0 aliphatic carbocycles. The third-order valence-corrected chi connectivity index (χ3v) is 6.67. The minimum Gasteiger partial charge on any atom is -0.333 e. The van der Waals surface area contributed by atoms with Crippen LogP contribution in [0.5, 0.6) is 0 Å². The predicted octanol–water partition coefficient (Wildman–Crippen LogP) is 2.65. The van der Waals surface area contributed by atoms with Crippen LogP contribution in [0.4, 0.5) is 0 Å². The molecule has 1 aromatic carbocycles. The molecule has 0 radical (unpaired) electrons. The van der Waals surface area contributed by atoms with Gasteiger partial charge in [-0.1, -0.05) is 28.1 Å². The fourth-order valence-corrected chi connectivity index (χ4v) is 5.40. The molecule has 5 nitrogen and oxygen atoms in total. The fourth-order valence-electron chi connectivity index (χ4n) is 3.57. The number of likely N-dealkylation sites (N-methyl/N-ethyl adjacent to an activating group) is 1. The summed E-state index contributed by atoms with van der Waals surface area (Å²) >= 11 is 5.43. The molecule has 0 fully saturated rings. The molecule has 4 aromatic rings. The highest BCUT2D eigenvalue weighted by molar-refractivity contribution is 9.10. The zero-order valence-corrected chi connectivity index (χ0v) is 16.4. The van der Waals surface area contributed by atoms with E-state index in [2.05, 4.69) is 23.0 Å². The van der Waals surface area contributed by atoms with Gasteiger partial charge in [0, 0.05) is 16.5 Å². The van der Waals surface area contributed by atoms with Crippen molar-refractivity contribution in [2.75, 3.05) is 13.6 Å². The summed E-state index contributed by atoms with van der Waals surface area (Å²) in [6.07, 6.45) is 1.08. The number of nitrogens with one attached hydrogen (secondary N) is 1. The van der Waals surface area contributed by atoms with E-state index in [0.29, 0.717) is 0 Å². The first-order valence-electron chi connectivity index (χ1n) is 8.35. The quantitative estimate of drug-likeness (QED) is 0.520. The monoisotopic (exact) mass is 414 g/mol. The fraction of sp³-hybridized carbons (Fsp3) is 0.278. The van der Waals surface area contributed by atoms with Crippen LogP contribution in [-0.2, 0) is 13.0 Å². The molecule has 4 heterocycles. The second-order valence-corrected chi connectivity index (χ2v) is 8.57. The van der Waals surface area contributed by atoms with Crippen LogP contribution >= 0.6 is 27.3 Å². The van der Waals surface area contributed by atoms with Crippen molar-refractivity contribution in [1.82, 2.24) is 19.6 Å². The Morgan fingerprint density at radius 1 is 1.24 bits per heavy atom. The predicted molar refractivity (Wildman–Crippen MR) is 103 cm³/mol. The summed E-state index contributed by atoms with van der Waals surface area (Å²) in [5, 5.41) is 5.95. The van der Waals surface area contributed by atoms with Gasteiger partial charge in [0.05, 0.1) is 23.9 Å². The number of benzene rings is 1. The molecule has 1 aliphatic rings. The van der Waals surface area contributed by atoms with Crippen molar-refractivity contribution in [1.29, 1.82) is 0 Å². The maximum atomic E-state index is 4.91. The molecule has 7 heteroatoms. The van der Waals surface area contributed by atoms with Crippen LogP contribution in [0.15, 0.2) is 28.7 Å². The van der Waals surface area contributed by atoms with Crippen molar-refractivity contribution >= 4 is 43.1 Å². The molecule has 0 bridgehead atoms. The summed E-state index contributed by atoms with van der Waals surface area (Å²) in [5.74, 6) is 1.62. The van der Waals surface area contributed by atoms with Crippen LogP contribution in [0.25, 0.3) is 27.3 Å². The molecular weight excluding hydrogens is 398 g/mol. The van der Waals surface area contributed by atoms with Crippen LogP contribution in [0.3, 0.4) is 0 Å². The van der Waals surface area contributed by atoms with Crippen LogP contribution < -0.4 is 4.90 Å². The molecular formula is C18H17BrN5S+. The Labute approximate surface area is 157 Å². The highest BCUT2D eigenvalue weighted by Gasteiger charge is 2.25. The number of aromatic nitrogens is 4. The zero-order valence-electron chi connectivity index (χ0n) is 14.0. The number of quaternary nitrogens is 1. The molecule has 1 unspecified atom stereocenters. The van der Waals surface area contributed by atoms with E-state index >= 15 is 0 Å². The molecule has 0 saturated heterocycles. The Morgan fingerprint density at radius 3 is 2.92 bits per heavy atom. The summed E-state index contributed by atoms with van der Waals surface area (Å²) in [5.41, 5.74) is 3.37. The lowest BCUT2D eigenvalue weighted by Crippen LogP contribution is -3.08. The lowest BCUT2D eigenvalue weighted by molar-refractivity contribution is -0.895. The van der Waals surface area contributed by atoms with Gasteiger partial charge in [-0.25, -0.2) is 9.97 Å². The lowest BCUT2D eigenvalue weighted by atomic mass is 10.1. The topological polar surface area (TPSA) is 47.5 Å². The smallest absolute Gasteiger partial charge is 0.183 e. The summed E-state index contributed by atoms with van der Waals surface area (Å²) in [6, 6.07) is 8.08. The lowest BCUT2D eigenvalue weighted by Gasteiger charge is -2.19. The summed E-state index contributed by atoms with van der Waals surface area (Å²) in [7, 11) is 2.25. The number of aryl methyl sites for hydroxylation is 1. The van der Waals surface area contributed by atoms with Gasteiger partial charge in [-0.2, -0.15) is 4.52 Å². The van der Waals surface area contributed by atoms with E-state index in [4.69, 9.17) is 15.1 Å². The molecule has 0 amide bonds. The minimum absolute atomic E-state index is 0.739. The Bertz CT molecular complexity index is 1130. The van der Waals surface area contributed by atoms with Crippen molar-refractivity contribution in [2.45, 2.75) is 19.9 Å². The average Bonchev–Trinajstić information content (AvgIpc) is 3.16. The van der Waals surface area contributed by atoms with E-state index in [1.807, 2.05) is 47.0 Å². The number of hydrogen-bond acceptors (Lipinski definition) is 4. The van der Waals surface area contributed by atoms with E-state index in [1.54, 1.807) is 4.90 Å². The first-order valence-corrected chi connectivity index (χ1v) is 9.96. The summed E-state index contributed by atoms with van der Waals surface area (Å²) in [4.78, 5) is 13.8. The van der Waals surface area contributed by atoms with E-state index in [-0.39, 0.29) is 0 Å². The van der Waals surface area contributed by atoms with Gasteiger partial charge in [0.1, 0.15) is 17.2 Å². The molecule has 5 rings (SSSR count). The first-order chi connectivity index (χ1) is 12.1. The number of fused-ring (bicyclic) bond motifs is 5. The molecule has 0 spiro atoms. The Kier molecular flexibility index (Phi) is 3.45. The van der Waals surface area contributed by atoms with Gasteiger partial charge < -0.3 is 4.90 Å². The first kappa shape index (κ1) is 15.4. The maximum absolute atomic E-state index is 4.91. The van der Waals surface area contributed by atoms with Crippen LogP contribution in [0, 0.1) is 6.92 Å².